The zero-order valence-electron chi connectivity index (χ0n) is 28.2. The number of likely N-dealkylation sites (N-methyl/N-ethyl adjacent to an activating group) is 1. The topological polar surface area (TPSA) is 135 Å². The Morgan fingerprint density at radius 2 is 1.73 bits per heavy atom. The minimum absolute atomic E-state index is 0.0529. The molecule has 4 atom stereocenters. The molecule has 12 heteroatoms. The van der Waals surface area contributed by atoms with Crippen LogP contribution in [0.15, 0.2) is 60.9 Å². The van der Waals surface area contributed by atoms with Crippen LogP contribution in [0, 0.1) is 5.92 Å². The summed E-state index contributed by atoms with van der Waals surface area (Å²) in [5.41, 5.74) is 2.41. The highest BCUT2D eigenvalue weighted by Gasteiger charge is 2.30. The number of benzene rings is 2. The molecule has 0 bridgehead atoms. The van der Waals surface area contributed by atoms with Gasteiger partial charge in [-0.25, -0.2) is 4.79 Å². The van der Waals surface area contributed by atoms with Crippen molar-refractivity contribution in [2.75, 3.05) is 50.8 Å². The Hall–Kier alpha value is -4.39. The van der Waals surface area contributed by atoms with Crippen LogP contribution in [0.2, 0.25) is 0 Å². The predicted molar refractivity (Wildman–Crippen MR) is 183 cm³/mol. The molecule has 2 aliphatic rings. The van der Waals surface area contributed by atoms with E-state index >= 15 is 0 Å². The minimum Gasteiger partial charge on any atom is -0.490 e. The van der Waals surface area contributed by atoms with Crippen molar-refractivity contribution in [2.45, 2.75) is 64.8 Å². The summed E-state index contributed by atoms with van der Waals surface area (Å²) in [7, 11) is 2.06. The third kappa shape index (κ3) is 9.36. The van der Waals surface area contributed by atoms with Crippen LogP contribution in [-0.2, 0) is 11.3 Å². The number of carbonyl (C=O) groups is 2. The van der Waals surface area contributed by atoms with Crippen LogP contribution in [0.4, 0.5) is 16.2 Å². The number of ether oxygens (including phenoxy) is 4. The van der Waals surface area contributed by atoms with E-state index in [1.807, 2.05) is 26.0 Å². The van der Waals surface area contributed by atoms with Crippen molar-refractivity contribution in [2.24, 2.45) is 5.92 Å². The zero-order chi connectivity index (χ0) is 34.0. The van der Waals surface area contributed by atoms with Gasteiger partial charge in [-0.2, -0.15) is 0 Å². The van der Waals surface area contributed by atoms with E-state index in [1.165, 1.54) is 0 Å². The standard InChI is InChI=1S/C36H47N5O7/c1-24-19-41(25(2)22-42)35(43)30-17-28(38-36(44)39-29-9-11-32-33(18-29)47-23-46-32)8-10-31(30)48-26(3)7-5-6-16-45-34(24)21-40(4)20-27-12-14-37-15-13-27/h8-15,17-18,24-26,34,42H,5-7,16,19-23H2,1-4H3,(H2,38,39,44)/t24-,25+,26-,34+/m1/s1. The van der Waals surface area contributed by atoms with Gasteiger partial charge in [-0.15, -0.1) is 0 Å². The lowest BCUT2D eigenvalue weighted by molar-refractivity contribution is -0.0177. The molecule has 0 saturated heterocycles. The lowest BCUT2D eigenvalue weighted by Gasteiger charge is -2.36. The summed E-state index contributed by atoms with van der Waals surface area (Å²) in [4.78, 5) is 35.4. The monoisotopic (exact) mass is 661 g/mol. The summed E-state index contributed by atoms with van der Waals surface area (Å²) in [6, 6.07) is 13.3. The maximum absolute atomic E-state index is 14.4. The molecule has 12 nitrogen and oxygen atoms in total. The summed E-state index contributed by atoms with van der Waals surface area (Å²) < 4.78 is 23.6. The number of urea groups is 1. The fraction of sp³-hybridized carbons (Fsp3) is 0.472. The highest BCUT2D eigenvalue weighted by atomic mass is 16.7. The molecule has 2 aliphatic heterocycles. The van der Waals surface area contributed by atoms with Gasteiger partial charge in [0, 0.05) is 62.0 Å². The van der Waals surface area contributed by atoms with Gasteiger partial charge in [-0.05, 0) is 88.2 Å². The number of hydrogen-bond donors (Lipinski definition) is 3. The number of nitrogens with one attached hydrogen (secondary N) is 2. The van der Waals surface area contributed by atoms with E-state index in [2.05, 4.69) is 34.5 Å². The Balaban J connectivity index is 1.36. The summed E-state index contributed by atoms with van der Waals surface area (Å²) in [5, 5.41) is 15.9. The summed E-state index contributed by atoms with van der Waals surface area (Å²) in [6.07, 6.45) is 5.85. The molecule has 0 saturated carbocycles. The number of aromatic nitrogens is 1. The molecule has 0 spiro atoms. The molecule has 2 aromatic carbocycles. The van der Waals surface area contributed by atoms with Crippen molar-refractivity contribution in [1.82, 2.24) is 14.8 Å². The lowest BCUT2D eigenvalue weighted by Crippen LogP contribution is -2.47. The number of carbonyl (C=O) groups excluding carboxylic acids is 2. The summed E-state index contributed by atoms with van der Waals surface area (Å²) in [5.74, 6) is 1.25. The number of pyridine rings is 1. The van der Waals surface area contributed by atoms with E-state index < -0.39 is 12.1 Å². The molecule has 0 fully saturated rings. The van der Waals surface area contributed by atoms with Crippen LogP contribution < -0.4 is 24.8 Å². The van der Waals surface area contributed by atoms with Crippen LogP contribution in [0.3, 0.4) is 0 Å². The lowest BCUT2D eigenvalue weighted by atomic mass is 10.0. The van der Waals surface area contributed by atoms with Gasteiger partial charge in [0.2, 0.25) is 6.79 Å². The van der Waals surface area contributed by atoms with E-state index in [0.29, 0.717) is 53.9 Å². The maximum Gasteiger partial charge on any atom is 0.323 e. The molecule has 3 amide bonds. The van der Waals surface area contributed by atoms with E-state index in [4.69, 9.17) is 18.9 Å². The van der Waals surface area contributed by atoms with E-state index in [0.717, 1.165) is 31.4 Å². The molecule has 0 aliphatic carbocycles. The summed E-state index contributed by atoms with van der Waals surface area (Å²) in [6.45, 7) is 8.18. The number of fused-ring (bicyclic) bond motifs is 2. The zero-order valence-corrected chi connectivity index (χ0v) is 28.2. The molecular formula is C36H47N5O7. The quantitative estimate of drug-likeness (QED) is 0.291. The molecule has 3 aromatic rings. The van der Waals surface area contributed by atoms with Gasteiger partial charge in [0.15, 0.2) is 11.5 Å². The van der Waals surface area contributed by atoms with Crippen molar-refractivity contribution < 1.29 is 33.6 Å². The number of anilines is 2. The Bertz CT molecular complexity index is 1520. The SMILES string of the molecule is C[C@@H]1CCCCO[C@@H](CN(C)Cc2ccncc2)[C@H](C)CN([C@@H](C)CO)C(=O)c2cc(NC(=O)Nc3ccc4c(c3)OCO4)ccc2O1. The van der Waals surface area contributed by atoms with E-state index in [-0.39, 0.29) is 37.4 Å². The van der Waals surface area contributed by atoms with Gasteiger partial charge in [0.05, 0.1) is 30.4 Å². The average Bonchev–Trinajstić information content (AvgIpc) is 3.54. The Kier molecular flexibility index (Phi) is 12.1. The molecule has 3 N–H and O–H groups in total. The average molecular weight is 662 g/mol. The van der Waals surface area contributed by atoms with Crippen molar-refractivity contribution in [3.05, 3.63) is 72.1 Å². The largest absolute Gasteiger partial charge is 0.490 e. The number of aliphatic hydroxyl groups excluding tert-OH is 1. The van der Waals surface area contributed by atoms with Gasteiger partial charge < -0.3 is 39.6 Å². The fourth-order valence-corrected chi connectivity index (χ4v) is 5.90. The third-order valence-corrected chi connectivity index (χ3v) is 8.63. The van der Waals surface area contributed by atoms with Crippen LogP contribution in [-0.4, -0.2) is 90.2 Å². The first-order valence-electron chi connectivity index (χ1n) is 16.6. The van der Waals surface area contributed by atoms with Crippen LogP contribution in [0.1, 0.15) is 56.0 Å². The Labute approximate surface area is 282 Å². The van der Waals surface area contributed by atoms with Crippen LogP contribution in [0.5, 0.6) is 17.2 Å². The van der Waals surface area contributed by atoms with Crippen molar-refractivity contribution in [3.63, 3.8) is 0 Å². The molecule has 48 heavy (non-hydrogen) atoms. The van der Waals surface area contributed by atoms with E-state index in [1.54, 1.807) is 53.7 Å². The Morgan fingerprint density at radius 1 is 1.02 bits per heavy atom. The first-order valence-corrected chi connectivity index (χ1v) is 16.6. The first-order chi connectivity index (χ1) is 23.2. The number of amides is 3. The molecule has 0 radical (unpaired) electrons. The van der Waals surface area contributed by atoms with Gasteiger partial charge in [-0.3, -0.25) is 14.7 Å². The first kappa shape index (κ1) is 34.9. The molecular weight excluding hydrogens is 614 g/mol. The third-order valence-electron chi connectivity index (χ3n) is 8.63. The van der Waals surface area contributed by atoms with E-state index in [9.17, 15) is 14.7 Å². The molecule has 258 valence electrons. The Morgan fingerprint density at radius 3 is 2.48 bits per heavy atom. The molecule has 5 rings (SSSR count). The number of aliphatic hydroxyl groups is 1. The smallest absolute Gasteiger partial charge is 0.323 e. The second-order valence-electron chi connectivity index (χ2n) is 12.7. The normalized spacial score (nSPS) is 20.8. The van der Waals surface area contributed by atoms with Gasteiger partial charge in [-0.1, -0.05) is 6.92 Å². The number of nitrogens with zero attached hydrogens (tertiary/aromatic N) is 3. The second kappa shape index (κ2) is 16.6. The predicted octanol–water partition coefficient (Wildman–Crippen LogP) is 5.38. The van der Waals surface area contributed by atoms with Crippen LogP contribution in [0.25, 0.3) is 0 Å². The van der Waals surface area contributed by atoms with Gasteiger partial charge >= 0.3 is 6.03 Å². The molecule has 1 aromatic heterocycles. The summed E-state index contributed by atoms with van der Waals surface area (Å²) >= 11 is 0. The highest BCUT2D eigenvalue weighted by molar-refractivity contribution is 6.02. The van der Waals surface area contributed by atoms with Crippen molar-refractivity contribution >= 4 is 23.3 Å². The minimum atomic E-state index is -0.485. The van der Waals surface area contributed by atoms with Gasteiger partial charge in [0.1, 0.15) is 5.75 Å². The van der Waals surface area contributed by atoms with Gasteiger partial charge in [0.25, 0.3) is 5.91 Å². The molecule has 0 unspecified atom stereocenters. The van der Waals surface area contributed by atoms with Crippen LogP contribution >= 0.6 is 0 Å². The van der Waals surface area contributed by atoms with Crippen molar-refractivity contribution in [3.8, 4) is 17.2 Å². The molecule has 3 heterocycles. The number of hydrogen-bond acceptors (Lipinski definition) is 9. The maximum atomic E-state index is 14.4. The van der Waals surface area contributed by atoms with Crippen molar-refractivity contribution in [1.29, 1.82) is 0 Å². The fourth-order valence-electron chi connectivity index (χ4n) is 5.90. The second-order valence-corrected chi connectivity index (χ2v) is 12.7. The number of rotatable bonds is 8. The highest BCUT2D eigenvalue weighted by Crippen LogP contribution is 2.34.